The van der Waals surface area contributed by atoms with Gasteiger partial charge >= 0.3 is 0 Å². The third-order valence-electron chi connectivity index (χ3n) is 4.37. The molecule has 3 heterocycles. The molecule has 1 aliphatic heterocycles. The van der Waals surface area contributed by atoms with Gasteiger partial charge in [-0.05, 0) is 31.1 Å². The van der Waals surface area contributed by atoms with E-state index in [-0.39, 0.29) is 30.2 Å². The Hall–Kier alpha value is -2.27. The predicted molar refractivity (Wildman–Crippen MR) is 118 cm³/mol. The first-order valence-electron chi connectivity index (χ1n) is 9.09. The van der Waals surface area contributed by atoms with E-state index in [0.717, 1.165) is 17.3 Å². The molecule has 0 radical (unpaired) electrons. The number of carbonyl (C=O) groups excluding carboxylic acids is 1. The molecule has 2 aromatic heterocycles. The molecule has 0 spiro atoms. The normalized spacial score (nSPS) is 15.7. The van der Waals surface area contributed by atoms with Gasteiger partial charge in [0.15, 0.2) is 0 Å². The number of amides is 1. The molecular weight excluding hydrogens is 412 g/mol. The molecule has 0 unspecified atom stereocenters. The number of aliphatic hydroxyl groups excluding tert-OH is 1. The minimum Gasteiger partial charge on any atom is -0.395 e. The molecule has 154 valence electrons. The first kappa shape index (κ1) is 21.4. The summed E-state index contributed by atoms with van der Waals surface area (Å²) in [7, 11) is 1.60. The summed E-state index contributed by atoms with van der Waals surface area (Å²) in [6.07, 6.45) is 3.83. The number of anilines is 1. The van der Waals surface area contributed by atoms with Crippen LogP contribution in [0.5, 0.6) is 0 Å². The number of pyridine rings is 1. The topological polar surface area (TPSA) is 96.2 Å². The molecule has 3 rings (SSSR count). The second-order valence-electron chi connectivity index (χ2n) is 6.39. The third kappa shape index (κ3) is 4.50. The summed E-state index contributed by atoms with van der Waals surface area (Å²) >= 11 is 6.49. The average Bonchev–Trinajstić information content (AvgIpc) is 2.97. The van der Waals surface area contributed by atoms with E-state index in [1.807, 2.05) is 13.0 Å². The fourth-order valence-electron chi connectivity index (χ4n) is 2.94. The SMILES string of the molecule is COCCCN1C(=O)/C(=C\c2c(NCCO)nc3c(C)cccn3c2=O)SC1=S. The molecule has 0 aliphatic carbocycles. The minimum atomic E-state index is -0.302. The monoisotopic (exact) mass is 434 g/mol. The highest BCUT2D eigenvalue weighted by Crippen LogP contribution is 2.33. The molecule has 1 aliphatic rings. The summed E-state index contributed by atoms with van der Waals surface area (Å²) in [5.41, 5.74) is 1.30. The van der Waals surface area contributed by atoms with Crippen LogP contribution in [0.25, 0.3) is 11.7 Å². The van der Waals surface area contributed by atoms with Crippen molar-refractivity contribution in [3.63, 3.8) is 0 Å². The number of aliphatic hydroxyl groups is 1. The number of nitrogens with one attached hydrogen (secondary N) is 1. The molecule has 1 saturated heterocycles. The van der Waals surface area contributed by atoms with Crippen LogP contribution in [0.4, 0.5) is 5.82 Å². The van der Waals surface area contributed by atoms with Gasteiger partial charge in [0.25, 0.3) is 11.5 Å². The molecule has 0 aromatic carbocycles. The number of aromatic nitrogens is 2. The maximum atomic E-state index is 13.1. The summed E-state index contributed by atoms with van der Waals surface area (Å²) in [6, 6.07) is 3.63. The molecular formula is C19H22N4O4S2. The van der Waals surface area contributed by atoms with Crippen LogP contribution in [0.3, 0.4) is 0 Å². The second-order valence-corrected chi connectivity index (χ2v) is 8.07. The van der Waals surface area contributed by atoms with E-state index in [0.29, 0.717) is 40.3 Å². The Morgan fingerprint density at radius 2 is 2.21 bits per heavy atom. The van der Waals surface area contributed by atoms with E-state index in [2.05, 4.69) is 10.3 Å². The Bertz CT molecular complexity index is 1030. The molecule has 1 fully saturated rings. The van der Waals surface area contributed by atoms with Crippen molar-refractivity contribution in [2.24, 2.45) is 0 Å². The van der Waals surface area contributed by atoms with Crippen molar-refractivity contribution in [1.29, 1.82) is 0 Å². The van der Waals surface area contributed by atoms with Crippen molar-refractivity contribution < 1.29 is 14.6 Å². The Kier molecular flexibility index (Phi) is 7.01. The number of carbonyl (C=O) groups is 1. The highest BCUT2D eigenvalue weighted by atomic mass is 32.2. The van der Waals surface area contributed by atoms with Gasteiger partial charge in [-0.2, -0.15) is 0 Å². The van der Waals surface area contributed by atoms with Gasteiger partial charge in [-0.25, -0.2) is 4.98 Å². The van der Waals surface area contributed by atoms with Gasteiger partial charge in [0.05, 0.1) is 17.1 Å². The summed E-state index contributed by atoms with van der Waals surface area (Å²) < 4.78 is 6.93. The van der Waals surface area contributed by atoms with E-state index in [1.54, 1.807) is 19.4 Å². The number of aryl methyl sites for hydroxylation is 1. The lowest BCUT2D eigenvalue weighted by Crippen LogP contribution is -2.29. The fourth-order valence-corrected chi connectivity index (χ4v) is 4.23. The van der Waals surface area contributed by atoms with Crippen LogP contribution >= 0.6 is 24.0 Å². The summed E-state index contributed by atoms with van der Waals surface area (Å²) in [6.45, 7) is 2.96. The average molecular weight is 435 g/mol. The van der Waals surface area contributed by atoms with Crippen molar-refractivity contribution >= 4 is 51.7 Å². The van der Waals surface area contributed by atoms with Crippen LogP contribution in [0.15, 0.2) is 28.0 Å². The first-order chi connectivity index (χ1) is 14.0. The maximum Gasteiger partial charge on any atom is 0.267 e. The van der Waals surface area contributed by atoms with Crippen LogP contribution in [0.1, 0.15) is 17.5 Å². The third-order valence-corrected chi connectivity index (χ3v) is 5.75. The van der Waals surface area contributed by atoms with Crippen molar-refractivity contribution in [3.05, 3.63) is 44.7 Å². The van der Waals surface area contributed by atoms with Crippen LogP contribution in [-0.4, -0.2) is 63.0 Å². The van der Waals surface area contributed by atoms with Gasteiger partial charge in [-0.3, -0.25) is 18.9 Å². The Labute approximate surface area is 177 Å². The van der Waals surface area contributed by atoms with Crippen molar-refractivity contribution in [2.75, 3.05) is 38.7 Å². The lowest BCUT2D eigenvalue weighted by Gasteiger charge is -2.13. The van der Waals surface area contributed by atoms with Gasteiger partial charge in [0, 0.05) is 33.0 Å². The zero-order valence-electron chi connectivity index (χ0n) is 16.2. The quantitative estimate of drug-likeness (QED) is 0.368. The van der Waals surface area contributed by atoms with E-state index in [1.165, 1.54) is 15.4 Å². The van der Waals surface area contributed by atoms with Crippen LogP contribution < -0.4 is 10.9 Å². The van der Waals surface area contributed by atoms with Gasteiger partial charge in [-0.15, -0.1) is 0 Å². The number of thiocarbonyl (C=S) groups is 1. The lowest BCUT2D eigenvalue weighted by molar-refractivity contribution is -0.122. The minimum absolute atomic E-state index is 0.115. The zero-order valence-corrected chi connectivity index (χ0v) is 17.8. The number of methoxy groups -OCH3 is 1. The number of ether oxygens (including phenoxy) is 1. The molecule has 2 aromatic rings. The van der Waals surface area contributed by atoms with Gasteiger partial charge in [-0.1, -0.05) is 30.0 Å². The number of nitrogens with zero attached hydrogens (tertiary/aromatic N) is 3. The van der Waals surface area contributed by atoms with Crippen molar-refractivity contribution in [1.82, 2.24) is 14.3 Å². The molecule has 0 saturated carbocycles. The van der Waals surface area contributed by atoms with Gasteiger partial charge in [0.1, 0.15) is 15.8 Å². The molecule has 0 atom stereocenters. The number of thioether (sulfide) groups is 1. The lowest BCUT2D eigenvalue weighted by atomic mass is 10.2. The van der Waals surface area contributed by atoms with E-state index in [9.17, 15) is 14.7 Å². The van der Waals surface area contributed by atoms with E-state index < -0.39 is 0 Å². The molecule has 1 amide bonds. The smallest absolute Gasteiger partial charge is 0.267 e. The number of fused-ring (bicyclic) bond motifs is 1. The largest absolute Gasteiger partial charge is 0.395 e. The fraction of sp³-hybridized carbons (Fsp3) is 0.368. The molecule has 29 heavy (non-hydrogen) atoms. The number of rotatable bonds is 8. The van der Waals surface area contributed by atoms with Crippen LogP contribution in [-0.2, 0) is 9.53 Å². The number of hydrogen-bond acceptors (Lipinski definition) is 8. The highest BCUT2D eigenvalue weighted by Gasteiger charge is 2.32. The molecule has 10 heteroatoms. The molecule has 0 bridgehead atoms. The van der Waals surface area contributed by atoms with E-state index in [4.69, 9.17) is 17.0 Å². The highest BCUT2D eigenvalue weighted by molar-refractivity contribution is 8.26. The van der Waals surface area contributed by atoms with Gasteiger partial charge < -0.3 is 15.2 Å². The summed E-state index contributed by atoms with van der Waals surface area (Å²) in [5.74, 6) is 0.0842. The summed E-state index contributed by atoms with van der Waals surface area (Å²) in [5, 5.41) is 12.1. The molecule has 2 N–H and O–H groups in total. The maximum absolute atomic E-state index is 13.1. The number of hydrogen-bond donors (Lipinski definition) is 2. The summed E-state index contributed by atoms with van der Waals surface area (Å²) in [4.78, 5) is 32.3. The Morgan fingerprint density at radius 3 is 2.93 bits per heavy atom. The Morgan fingerprint density at radius 1 is 1.41 bits per heavy atom. The zero-order chi connectivity index (χ0) is 21.0. The first-order valence-corrected chi connectivity index (χ1v) is 10.3. The van der Waals surface area contributed by atoms with Crippen LogP contribution in [0.2, 0.25) is 0 Å². The molecule has 8 nitrogen and oxygen atoms in total. The van der Waals surface area contributed by atoms with Gasteiger partial charge in [0.2, 0.25) is 0 Å². The second kappa shape index (κ2) is 9.49. The van der Waals surface area contributed by atoms with E-state index >= 15 is 0 Å². The van der Waals surface area contributed by atoms with Crippen LogP contribution in [0, 0.1) is 6.92 Å². The standard InChI is InChI=1S/C19H22N4O4S2/c1-12-5-3-7-22-16(12)21-15(20-6-9-24)13(17(22)25)11-14-18(26)23(19(28)29-14)8-4-10-27-2/h3,5,7,11,20,24H,4,6,8-10H2,1-2H3/b14-11+. The van der Waals surface area contributed by atoms with Crippen molar-refractivity contribution in [2.45, 2.75) is 13.3 Å². The van der Waals surface area contributed by atoms with Crippen molar-refractivity contribution in [3.8, 4) is 0 Å². The Balaban J connectivity index is 2.04. The predicted octanol–water partition coefficient (Wildman–Crippen LogP) is 1.64.